The van der Waals surface area contributed by atoms with E-state index in [2.05, 4.69) is 10.9 Å². The number of benzene rings is 2. The van der Waals surface area contributed by atoms with Gasteiger partial charge >= 0.3 is 0 Å². The van der Waals surface area contributed by atoms with E-state index in [4.69, 9.17) is 9.47 Å². The Kier molecular flexibility index (Phi) is 17.3. The standard InChI is InChI=1S/C15H18F2O.C8H9NO4.C7H12O/c16-15(17,11-10-13-6-4-5-7-13)12-18-14-8-2-1-3-9-14;1-12-8-4-2-3-7(5-8)6-13-9(10)11;1-2-3-4-5-6-7-8/h1-3,8-11,13H,4-7,12H2;2-5H,6H2,1H3;2-3,7H,4-6H2,1H3/b11-10+;;3-2-. The second kappa shape index (κ2) is 20.2. The summed E-state index contributed by atoms with van der Waals surface area (Å²) in [5, 5.41) is 9.06. The summed E-state index contributed by atoms with van der Waals surface area (Å²) < 4.78 is 37.1. The van der Waals surface area contributed by atoms with E-state index in [1.54, 1.807) is 54.6 Å². The Morgan fingerprint density at radius 2 is 1.74 bits per heavy atom. The molecule has 1 aliphatic rings. The van der Waals surface area contributed by atoms with E-state index in [1.165, 1.54) is 7.11 Å². The zero-order chi connectivity index (χ0) is 28.8. The first-order valence-electron chi connectivity index (χ1n) is 13.0. The Morgan fingerprint density at radius 3 is 2.36 bits per heavy atom. The maximum Gasteiger partial charge on any atom is 0.299 e. The number of unbranched alkanes of at least 4 members (excludes halogenated alkanes) is 2. The van der Waals surface area contributed by atoms with Crippen molar-refractivity contribution in [2.45, 2.75) is 64.4 Å². The van der Waals surface area contributed by atoms with Crippen molar-refractivity contribution in [1.82, 2.24) is 0 Å². The summed E-state index contributed by atoms with van der Waals surface area (Å²) in [6, 6.07) is 15.6. The van der Waals surface area contributed by atoms with Crippen LogP contribution in [-0.4, -0.2) is 31.0 Å². The van der Waals surface area contributed by atoms with E-state index in [9.17, 15) is 23.7 Å². The molecule has 1 saturated carbocycles. The predicted octanol–water partition coefficient (Wildman–Crippen LogP) is 7.78. The second-order valence-corrected chi connectivity index (χ2v) is 8.78. The van der Waals surface area contributed by atoms with Crippen LogP contribution < -0.4 is 9.47 Å². The van der Waals surface area contributed by atoms with Crippen molar-refractivity contribution in [3.05, 3.63) is 94.6 Å². The van der Waals surface area contributed by atoms with Crippen molar-refractivity contribution in [3.8, 4) is 11.5 Å². The van der Waals surface area contributed by atoms with Gasteiger partial charge in [-0.1, -0.05) is 61.4 Å². The van der Waals surface area contributed by atoms with Gasteiger partial charge in [-0.25, -0.2) is 0 Å². The van der Waals surface area contributed by atoms with E-state index in [0.29, 0.717) is 29.4 Å². The highest BCUT2D eigenvalue weighted by Gasteiger charge is 2.27. The zero-order valence-electron chi connectivity index (χ0n) is 22.7. The number of halogens is 2. The number of carbonyl (C=O) groups is 1. The largest absolute Gasteiger partial charge is 0.497 e. The van der Waals surface area contributed by atoms with Crippen LogP contribution in [0.1, 0.15) is 57.4 Å². The zero-order valence-corrected chi connectivity index (χ0v) is 22.7. The molecule has 0 radical (unpaired) electrons. The van der Waals surface area contributed by atoms with E-state index < -0.39 is 17.6 Å². The number of ether oxygens (including phenoxy) is 2. The fourth-order valence-corrected chi connectivity index (χ4v) is 3.55. The molecule has 3 rings (SSSR count). The van der Waals surface area contributed by atoms with Crippen molar-refractivity contribution < 1.29 is 33.0 Å². The van der Waals surface area contributed by atoms with E-state index in [1.807, 2.05) is 19.1 Å². The topological polar surface area (TPSA) is 87.9 Å². The van der Waals surface area contributed by atoms with Crippen LogP contribution in [0.15, 0.2) is 78.9 Å². The highest BCUT2D eigenvalue weighted by Crippen LogP contribution is 2.28. The third kappa shape index (κ3) is 17.4. The first-order valence-corrected chi connectivity index (χ1v) is 13.0. The molecule has 0 unspecified atom stereocenters. The van der Waals surface area contributed by atoms with Crippen LogP contribution in [0, 0.1) is 16.0 Å². The van der Waals surface area contributed by atoms with Gasteiger partial charge in [0.1, 0.15) is 24.4 Å². The minimum Gasteiger partial charge on any atom is -0.497 e. The lowest BCUT2D eigenvalue weighted by Crippen LogP contribution is -2.23. The number of rotatable bonds is 13. The minimum absolute atomic E-state index is 0.0514. The lowest BCUT2D eigenvalue weighted by atomic mass is 10.1. The molecule has 1 fully saturated rings. The number of hydrogen-bond donors (Lipinski definition) is 0. The molecule has 0 amide bonds. The molecular weight excluding hydrogens is 508 g/mol. The smallest absolute Gasteiger partial charge is 0.299 e. The summed E-state index contributed by atoms with van der Waals surface area (Å²) in [5.41, 5.74) is 0.705. The Bertz CT molecular complexity index is 992. The van der Waals surface area contributed by atoms with Gasteiger partial charge in [0.05, 0.1) is 7.11 Å². The molecule has 7 nitrogen and oxygen atoms in total. The molecule has 9 heteroatoms. The fraction of sp³-hybridized carbons (Fsp3) is 0.433. The molecular formula is C30H39F2NO6. The van der Waals surface area contributed by atoms with Crippen LogP contribution in [-0.2, 0) is 16.2 Å². The molecule has 0 saturated heterocycles. The Morgan fingerprint density at radius 1 is 1.05 bits per heavy atom. The molecule has 0 N–H and O–H groups in total. The molecule has 0 atom stereocenters. The van der Waals surface area contributed by atoms with Crippen LogP contribution in [0.3, 0.4) is 0 Å². The van der Waals surface area contributed by atoms with Gasteiger partial charge in [-0.05, 0) is 74.4 Å². The summed E-state index contributed by atoms with van der Waals surface area (Å²) in [6.07, 6.45) is 14.8. The van der Waals surface area contributed by atoms with Gasteiger partial charge in [-0.15, -0.1) is 10.1 Å². The molecule has 214 valence electrons. The summed E-state index contributed by atoms with van der Waals surface area (Å²) >= 11 is 0. The molecule has 0 bridgehead atoms. The quantitative estimate of drug-likeness (QED) is 0.0836. The summed E-state index contributed by atoms with van der Waals surface area (Å²) in [7, 11) is 1.54. The van der Waals surface area contributed by atoms with Crippen LogP contribution in [0.2, 0.25) is 0 Å². The van der Waals surface area contributed by atoms with Crippen molar-refractivity contribution in [1.29, 1.82) is 0 Å². The molecule has 0 spiro atoms. The van der Waals surface area contributed by atoms with Crippen LogP contribution in [0.5, 0.6) is 11.5 Å². The predicted molar refractivity (Wildman–Crippen MR) is 147 cm³/mol. The van der Waals surface area contributed by atoms with Gasteiger partial charge in [-0.2, -0.15) is 8.78 Å². The molecule has 39 heavy (non-hydrogen) atoms. The molecule has 2 aromatic carbocycles. The van der Waals surface area contributed by atoms with Crippen molar-refractivity contribution in [2.24, 2.45) is 5.92 Å². The Labute approximate surface area is 229 Å². The fourth-order valence-electron chi connectivity index (χ4n) is 3.55. The van der Waals surface area contributed by atoms with Gasteiger partial charge in [0.15, 0.2) is 6.61 Å². The first kappa shape index (κ1) is 33.3. The lowest BCUT2D eigenvalue weighted by molar-refractivity contribution is -0.763. The number of carbonyl (C=O) groups excluding carboxylic acids is 1. The van der Waals surface area contributed by atoms with Gasteiger partial charge in [-0.3, -0.25) is 0 Å². The maximum absolute atomic E-state index is 13.6. The highest BCUT2D eigenvalue weighted by molar-refractivity contribution is 5.49. The van der Waals surface area contributed by atoms with Gasteiger partial charge in [0.25, 0.3) is 11.0 Å². The molecule has 2 aromatic rings. The number of allylic oxidation sites excluding steroid dienone is 3. The summed E-state index contributed by atoms with van der Waals surface area (Å²) in [5.74, 6) is -1.43. The number of hydrogen-bond acceptors (Lipinski definition) is 6. The van der Waals surface area contributed by atoms with Crippen molar-refractivity contribution in [3.63, 3.8) is 0 Å². The highest BCUT2D eigenvalue weighted by atomic mass is 19.3. The van der Waals surface area contributed by atoms with Crippen molar-refractivity contribution in [2.75, 3.05) is 13.7 Å². The third-order valence-corrected chi connectivity index (χ3v) is 5.59. The molecule has 1 aliphatic carbocycles. The van der Waals surface area contributed by atoms with Crippen LogP contribution in [0.25, 0.3) is 0 Å². The molecule has 0 heterocycles. The SMILES string of the molecule is C/C=C\CCCC=O.COc1cccc(CO[N+](=O)[O-])c1.FC(F)(/C=C/C1CCCC1)COc1ccccc1. The maximum atomic E-state index is 13.6. The van der Waals surface area contributed by atoms with Crippen LogP contribution >= 0.6 is 0 Å². The van der Waals surface area contributed by atoms with E-state index >= 15 is 0 Å². The second-order valence-electron chi connectivity index (χ2n) is 8.78. The van der Waals surface area contributed by atoms with Gasteiger partial charge in [0.2, 0.25) is 0 Å². The van der Waals surface area contributed by atoms with E-state index in [0.717, 1.165) is 50.9 Å². The average molecular weight is 548 g/mol. The van der Waals surface area contributed by atoms with Crippen molar-refractivity contribution >= 4 is 6.29 Å². The number of aldehydes is 1. The Balaban J connectivity index is 0.000000318. The number of para-hydroxylation sites is 1. The minimum atomic E-state index is -2.89. The number of nitrogens with zero attached hydrogens (tertiary/aromatic N) is 1. The number of methoxy groups -OCH3 is 1. The van der Waals surface area contributed by atoms with E-state index in [-0.39, 0.29) is 6.61 Å². The third-order valence-electron chi connectivity index (χ3n) is 5.59. The van der Waals surface area contributed by atoms with Crippen LogP contribution in [0.4, 0.5) is 8.78 Å². The average Bonchev–Trinajstić information content (AvgIpc) is 3.48. The monoisotopic (exact) mass is 547 g/mol. The molecule has 0 aromatic heterocycles. The summed E-state index contributed by atoms with van der Waals surface area (Å²) in [4.78, 5) is 23.8. The lowest BCUT2D eigenvalue weighted by Gasteiger charge is -2.14. The first-order chi connectivity index (χ1) is 18.8. The summed E-state index contributed by atoms with van der Waals surface area (Å²) in [6.45, 7) is 1.34. The Hall–Kier alpha value is -3.75. The normalized spacial score (nSPS) is 13.2. The molecule has 0 aliphatic heterocycles. The van der Waals surface area contributed by atoms with Gasteiger partial charge < -0.3 is 19.1 Å². The number of alkyl halides is 2. The van der Waals surface area contributed by atoms with Gasteiger partial charge in [0, 0.05) is 6.42 Å².